The van der Waals surface area contributed by atoms with Crippen LogP contribution in [0.25, 0.3) is 6.08 Å². The maximum atomic E-state index is 12.1. The molecule has 0 aliphatic carbocycles. The van der Waals surface area contributed by atoms with Gasteiger partial charge in [0.05, 0.1) is 0 Å². The minimum Gasteiger partial charge on any atom is -0.490 e. The smallest absolute Gasteiger partial charge is 0.335 e. The van der Waals surface area contributed by atoms with E-state index in [1.165, 1.54) is 6.08 Å². The zero-order chi connectivity index (χ0) is 21.8. The topological polar surface area (TPSA) is 78.9 Å². The van der Waals surface area contributed by atoms with Crippen LogP contribution in [0, 0.1) is 0 Å². The summed E-state index contributed by atoms with van der Waals surface area (Å²) < 4.78 is 15.3. The summed E-state index contributed by atoms with van der Waals surface area (Å²) in [6.07, 6.45) is 5.32. The summed E-state index contributed by atoms with van der Waals surface area (Å²) in [5.74, 6) is -0.0189. The van der Waals surface area contributed by atoms with Crippen molar-refractivity contribution in [2.45, 2.75) is 4.90 Å². The summed E-state index contributed by atoms with van der Waals surface area (Å²) in [5, 5.41) is -0.137. The normalized spacial score (nSPS) is 10.3. The Morgan fingerprint density at radius 1 is 0.833 bits per heavy atom. The Balaban J connectivity index is 1.80. The molecule has 0 aliphatic heterocycles. The van der Waals surface area contributed by atoms with Crippen molar-refractivity contribution in [3.8, 4) is 11.5 Å². The Hall–Kier alpha value is -3.58. The highest BCUT2D eigenvalue weighted by Crippen LogP contribution is 2.23. The molecule has 0 N–H and O–H groups in total. The number of carbonyl (C=O) groups excluding carboxylic acids is 3. The Morgan fingerprint density at radius 3 is 2.10 bits per heavy atom. The summed E-state index contributed by atoms with van der Waals surface area (Å²) in [4.78, 5) is 35.0. The number of ether oxygens (including phenoxy) is 3. The lowest BCUT2D eigenvalue weighted by atomic mass is 10.2. The predicted octanol–water partition coefficient (Wildman–Crippen LogP) is 4.22. The van der Waals surface area contributed by atoms with Gasteiger partial charge >= 0.3 is 11.9 Å². The van der Waals surface area contributed by atoms with E-state index in [1.807, 2.05) is 0 Å². The van der Waals surface area contributed by atoms with Crippen LogP contribution in [0.3, 0.4) is 0 Å². The van der Waals surface area contributed by atoms with Gasteiger partial charge in [0.2, 0.25) is 5.12 Å². The first-order chi connectivity index (χ1) is 14.5. The Labute approximate surface area is 178 Å². The molecule has 0 atom stereocenters. The van der Waals surface area contributed by atoms with Gasteiger partial charge < -0.3 is 14.2 Å². The molecule has 0 aliphatic rings. The predicted molar refractivity (Wildman–Crippen MR) is 115 cm³/mol. The summed E-state index contributed by atoms with van der Waals surface area (Å²) in [6, 6.07) is 13.7. The number of hydrogen-bond acceptors (Lipinski definition) is 7. The zero-order valence-corrected chi connectivity index (χ0v) is 16.9. The number of rotatable bonds is 10. The van der Waals surface area contributed by atoms with E-state index in [-0.39, 0.29) is 18.3 Å². The molecule has 2 aromatic carbocycles. The molecule has 0 radical (unpaired) electrons. The number of esters is 2. The van der Waals surface area contributed by atoms with Crippen molar-refractivity contribution in [1.29, 1.82) is 0 Å². The quantitative estimate of drug-likeness (QED) is 0.186. The summed E-state index contributed by atoms with van der Waals surface area (Å²) in [6.45, 7) is 6.99. The minimum absolute atomic E-state index is 0.127. The average molecular weight is 424 g/mol. The fourth-order valence-electron chi connectivity index (χ4n) is 2.08. The van der Waals surface area contributed by atoms with Crippen molar-refractivity contribution in [3.05, 3.63) is 85.5 Å². The third-order valence-electron chi connectivity index (χ3n) is 3.48. The van der Waals surface area contributed by atoms with Crippen LogP contribution in [0.1, 0.15) is 5.56 Å². The molecule has 30 heavy (non-hydrogen) atoms. The van der Waals surface area contributed by atoms with Gasteiger partial charge in [-0.15, -0.1) is 0 Å². The van der Waals surface area contributed by atoms with Crippen LogP contribution in [0.15, 0.2) is 84.8 Å². The van der Waals surface area contributed by atoms with Crippen molar-refractivity contribution in [2.24, 2.45) is 0 Å². The molecule has 2 rings (SSSR count). The van der Waals surface area contributed by atoms with Crippen LogP contribution in [0.2, 0.25) is 0 Å². The third-order valence-corrected chi connectivity index (χ3v) is 4.33. The van der Waals surface area contributed by atoms with Crippen molar-refractivity contribution in [3.63, 3.8) is 0 Å². The number of benzene rings is 2. The van der Waals surface area contributed by atoms with Crippen LogP contribution >= 0.6 is 11.8 Å². The highest BCUT2D eigenvalue weighted by molar-refractivity contribution is 8.14. The molecule has 154 valence electrons. The molecule has 0 fully saturated rings. The van der Waals surface area contributed by atoms with Gasteiger partial charge in [0.15, 0.2) is 0 Å². The van der Waals surface area contributed by atoms with E-state index in [2.05, 4.69) is 13.2 Å². The number of carbonyl (C=O) groups is 3. The highest BCUT2D eigenvalue weighted by atomic mass is 32.2. The molecule has 0 bridgehead atoms. The Bertz CT molecular complexity index is 929. The molecule has 6 nitrogen and oxygen atoms in total. The van der Waals surface area contributed by atoms with Gasteiger partial charge in [0, 0.05) is 17.0 Å². The van der Waals surface area contributed by atoms with Gasteiger partial charge in [-0.2, -0.15) is 0 Å². The summed E-state index contributed by atoms with van der Waals surface area (Å²) in [5.41, 5.74) is 0.795. The molecule has 0 heterocycles. The van der Waals surface area contributed by atoms with E-state index in [9.17, 15) is 14.4 Å². The lowest BCUT2D eigenvalue weighted by Gasteiger charge is -2.06. The number of thioether (sulfide) groups is 1. The molecule has 0 saturated carbocycles. The van der Waals surface area contributed by atoms with Gasteiger partial charge in [0.25, 0.3) is 0 Å². The van der Waals surface area contributed by atoms with Crippen molar-refractivity contribution in [1.82, 2.24) is 0 Å². The largest absolute Gasteiger partial charge is 0.490 e. The van der Waals surface area contributed by atoms with Crippen molar-refractivity contribution >= 4 is 34.9 Å². The van der Waals surface area contributed by atoms with Crippen molar-refractivity contribution < 1.29 is 28.6 Å². The second kappa shape index (κ2) is 12.1. The standard InChI is InChI=1S/C23H20O6S/c1-3-21(24)28-16-15-27-18-10-12-20(13-11-18)30-23(26)14-7-17-5-8-19(9-6-17)29-22(25)4-2/h3-14H,1-2,15-16H2/b14-7+. The van der Waals surface area contributed by atoms with Crippen LogP contribution in [-0.2, 0) is 19.1 Å². The van der Waals surface area contributed by atoms with E-state index in [0.29, 0.717) is 11.5 Å². The van der Waals surface area contributed by atoms with Gasteiger partial charge in [-0.05, 0) is 59.8 Å². The summed E-state index contributed by atoms with van der Waals surface area (Å²) >= 11 is 1.08. The monoisotopic (exact) mass is 424 g/mol. The van der Waals surface area contributed by atoms with Crippen LogP contribution in [0.5, 0.6) is 11.5 Å². The fraction of sp³-hybridized carbons (Fsp3) is 0.0870. The van der Waals surface area contributed by atoms with E-state index in [1.54, 1.807) is 54.6 Å². The van der Waals surface area contributed by atoms with E-state index in [0.717, 1.165) is 34.4 Å². The molecule has 7 heteroatoms. The fourth-order valence-corrected chi connectivity index (χ4v) is 2.72. The Morgan fingerprint density at radius 2 is 1.47 bits per heavy atom. The zero-order valence-electron chi connectivity index (χ0n) is 16.1. The maximum absolute atomic E-state index is 12.1. The van der Waals surface area contributed by atoms with Crippen molar-refractivity contribution in [2.75, 3.05) is 13.2 Å². The Kier molecular flexibility index (Phi) is 9.15. The maximum Gasteiger partial charge on any atom is 0.335 e. The second-order valence-electron chi connectivity index (χ2n) is 5.64. The lowest BCUT2D eigenvalue weighted by Crippen LogP contribution is -2.10. The van der Waals surface area contributed by atoms with Crippen LogP contribution in [0.4, 0.5) is 0 Å². The molecule has 0 unspecified atom stereocenters. The molecule has 0 aromatic heterocycles. The first-order valence-electron chi connectivity index (χ1n) is 8.86. The summed E-state index contributed by atoms with van der Waals surface area (Å²) in [7, 11) is 0. The molecule has 0 saturated heterocycles. The molecule has 0 spiro atoms. The lowest BCUT2D eigenvalue weighted by molar-refractivity contribution is -0.138. The first-order valence-corrected chi connectivity index (χ1v) is 9.68. The number of hydrogen-bond donors (Lipinski definition) is 0. The average Bonchev–Trinajstić information content (AvgIpc) is 2.77. The minimum atomic E-state index is -0.530. The molecular weight excluding hydrogens is 404 g/mol. The third kappa shape index (κ3) is 8.20. The second-order valence-corrected chi connectivity index (χ2v) is 6.72. The highest BCUT2D eigenvalue weighted by Gasteiger charge is 2.03. The van der Waals surface area contributed by atoms with E-state index >= 15 is 0 Å². The first kappa shape index (κ1) is 22.7. The van der Waals surface area contributed by atoms with Gasteiger partial charge in [-0.1, -0.05) is 31.4 Å². The molecule has 2 aromatic rings. The van der Waals surface area contributed by atoms with Gasteiger partial charge in [-0.25, -0.2) is 9.59 Å². The van der Waals surface area contributed by atoms with Crippen LogP contribution in [-0.4, -0.2) is 30.3 Å². The van der Waals surface area contributed by atoms with Crippen LogP contribution < -0.4 is 9.47 Å². The van der Waals surface area contributed by atoms with Gasteiger partial charge in [-0.3, -0.25) is 4.79 Å². The van der Waals surface area contributed by atoms with E-state index < -0.39 is 11.9 Å². The molecular formula is C23H20O6S. The molecule has 0 amide bonds. The SMILES string of the molecule is C=CC(=O)OCCOc1ccc(SC(=O)/C=C/c2ccc(OC(=O)C=C)cc2)cc1. The van der Waals surface area contributed by atoms with Gasteiger partial charge in [0.1, 0.15) is 24.7 Å². The van der Waals surface area contributed by atoms with E-state index in [4.69, 9.17) is 14.2 Å².